The van der Waals surface area contributed by atoms with Gasteiger partial charge in [0.25, 0.3) is 0 Å². The number of halogens is 5. The Morgan fingerprint density at radius 1 is 1.21 bits per heavy atom. The predicted octanol–water partition coefficient (Wildman–Crippen LogP) is 4.03. The zero-order valence-electron chi connectivity index (χ0n) is 13.6. The molecule has 140 valence electrons. The number of hydrogen-bond donors (Lipinski definition) is 1. The van der Waals surface area contributed by atoms with E-state index in [4.69, 9.17) is 4.74 Å². The van der Waals surface area contributed by atoms with E-state index in [1.54, 1.807) is 0 Å². The molecule has 0 aromatic heterocycles. The molecule has 9 heteroatoms. The van der Waals surface area contributed by atoms with E-state index in [9.17, 15) is 36.6 Å². The van der Waals surface area contributed by atoms with Crippen LogP contribution in [0.5, 0.6) is 0 Å². The van der Waals surface area contributed by atoms with Crippen molar-refractivity contribution in [2.75, 3.05) is 0 Å². The lowest BCUT2D eigenvalue weighted by atomic mass is 9.67. The number of ether oxygens (including phenoxy) is 1. The predicted molar refractivity (Wildman–Crippen MR) is 73.4 cm³/mol. The fourth-order valence-corrected chi connectivity index (χ4v) is 2.79. The Bertz CT molecular complexity index is 473. The van der Waals surface area contributed by atoms with Crippen molar-refractivity contribution in [3.8, 4) is 0 Å². The van der Waals surface area contributed by atoms with Crippen LogP contribution >= 0.6 is 0 Å². The Kier molecular flexibility index (Phi) is 5.88. The van der Waals surface area contributed by atoms with Crippen molar-refractivity contribution in [1.82, 2.24) is 0 Å². The Labute approximate surface area is 136 Å². The Morgan fingerprint density at radius 2 is 1.71 bits per heavy atom. The minimum Gasteiger partial charge on any atom is -0.481 e. The van der Waals surface area contributed by atoms with E-state index in [2.05, 4.69) is 0 Å². The lowest BCUT2D eigenvalue weighted by Crippen LogP contribution is -2.48. The molecule has 0 spiro atoms. The highest BCUT2D eigenvalue weighted by atomic mass is 19.4. The Morgan fingerprint density at radius 3 is 2.04 bits per heavy atom. The number of carboxylic acids is 1. The van der Waals surface area contributed by atoms with Crippen LogP contribution in [0, 0.1) is 17.8 Å². The van der Waals surface area contributed by atoms with E-state index in [-0.39, 0.29) is 0 Å². The quantitative estimate of drug-likeness (QED) is 0.574. The van der Waals surface area contributed by atoms with Crippen LogP contribution in [-0.4, -0.2) is 34.7 Å². The van der Waals surface area contributed by atoms with Crippen LogP contribution in [0.4, 0.5) is 22.0 Å². The van der Waals surface area contributed by atoms with Gasteiger partial charge in [-0.2, -0.15) is 13.2 Å². The van der Waals surface area contributed by atoms with E-state index in [1.165, 1.54) is 20.8 Å². The summed E-state index contributed by atoms with van der Waals surface area (Å²) in [5, 5.41) is 9.22. The molecule has 1 N–H and O–H groups in total. The van der Waals surface area contributed by atoms with Gasteiger partial charge in [-0.25, -0.2) is 8.78 Å². The molecule has 1 rings (SSSR count). The van der Waals surface area contributed by atoms with Gasteiger partial charge in [-0.15, -0.1) is 0 Å². The number of rotatable bonds is 6. The van der Waals surface area contributed by atoms with Crippen molar-refractivity contribution in [2.45, 2.75) is 64.2 Å². The molecule has 1 unspecified atom stereocenters. The lowest BCUT2D eigenvalue weighted by Gasteiger charge is -2.41. The van der Waals surface area contributed by atoms with Crippen LogP contribution in [0.25, 0.3) is 0 Å². The summed E-state index contributed by atoms with van der Waals surface area (Å²) >= 11 is 0. The molecule has 0 amide bonds. The first-order chi connectivity index (χ1) is 10.6. The standard InChI is InChI=1S/C15H21F5O4/c1-13(2,3)24-12(23)10(8-6-14(16,17)7-8)9(11(21)22)4-5-15(18,19)20/h8-10H,4-7H2,1-3H3,(H,21,22)/t9-,10?/m1/s1. The summed E-state index contributed by atoms with van der Waals surface area (Å²) in [5.74, 6) is -9.95. The third kappa shape index (κ3) is 6.24. The number of alkyl halides is 5. The van der Waals surface area contributed by atoms with Gasteiger partial charge in [0.2, 0.25) is 5.92 Å². The van der Waals surface area contributed by atoms with Crippen LogP contribution in [0.3, 0.4) is 0 Å². The molecule has 0 saturated heterocycles. The molecule has 0 aromatic carbocycles. The number of esters is 1. The number of carboxylic acid groups (broad SMARTS) is 1. The maximum Gasteiger partial charge on any atom is 0.389 e. The average Bonchev–Trinajstić information content (AvgIpc) is 2.27. The monoisotopic (exact) mass is 360 g/mol. The van der Waals surface area contributed by atoms with E-state index in [0.717, 1.165) is 0 Å². The van der Waals surface area contributed by atoms with Crippen molar-refractivity contribution in [3.05, 3.63) is 0 Å². The van der Waals surface area contributed by atoms with Gasteiger partial charge in [-0.05, 0) is 33.1 Å². The van der Waals surface area contributed by atoms with E-state index in [0.29, 0.717) is 0 Å². The molecule has 0 aromatic rings. The minimum atomic E-state index is -4.60. The van der Waals surface area contributed by atoms with Gasteiger partial charge in [0.05, 0.1) is 11.8 Å². The zero-order chi connectivity index (χ0) is 18.9. The van der Waals surface area contributed by atoms with E-state index < -0.39 is 73.1 Å². The van der Waals surface area contributed by atoms with Crippen LogP contribution < -0.4 is 0 Å². The summed E-state index contributed by atoms with van der Waals surface area (Å²) < 4.78 is 68.5. The molecule has 0 heterocycles. The third-order valence-electron chi connectivity index (χ3n) is 3.80. The first-order valence-corrected chi connectivity index (χ1v) is 7.51. The molecular weight excluding hydrogens is 339 g/mol. The maximum absolute atomic E-state index is 13.1. The van der Waals surface area contributed by atoms with Gasteiger partial charge in [-0.3, -0.25) is 9.59 Å². The van der Waals surface area contributed by atoms with Crippen LogP contribution in [0.15, 0.2) is 0 Å². The molecule has 0 aliphatic heterocycles. The fraction of sp³-hybridized carbons (Fsp3) is 0.867. The normalized spacial score (nSPS) is 20.8. The van der Waals surface area contributed by atoms with Crippen LogP contribution in [-0.2, 0) is 14.3 Å². The summed E-state index contributed by atoms with van der Waals surface area (Å²) in [6.45, 7) is 4.51. The van der Waals surface area contributed by atoms with Gasteiger partial charge in [0, 0.05) is 19.3 Å². The highest BCUT2D eigenvalue weighted by Crippen LogP contribution is 2.49. The zero-order valence-corrected chi connectivity index (χ0v) is 13.6. The molecular formula is C15H21F5O4. The Balaban J connectivity index is 2.99. The molecule has 2 atom stereocenters. The maximum atomic E-state index is 13.1. The first kappa shape index (κ1) is 20.6. The summed E-state index contributed by atoms with van der Waals surface area (Å²) in [6.07, 6.45) is -8.33. The second kappa shape index (κ2) is 6.84. The number of carbonyl (C=O) groups excluding carboxylic acids is 1. The van der Waals surface area contributed by atoms with Gasteiger partial charge >= 0.3 is 18.1 Å². The van der Waals surface area contributed by atoms with Gasteiger partial charge in [-0.1, -0.05) is 0 Å². The minimum absolute atomic E-state index is 0.729. The molecule has 1 fully saturated rings. The van der Waals surface area contributed by atoms with Crippen molar-refractivity contribution in [3.63, 3.8) is 0 Å². The molecule has 24 heavy (non-hydrogen) atoms. The SMILES string of the molecule is CC(C)(C)OC(=O)C(C1CC(F)(F)C1)[C@@H](CCC(F)(F)F)C(=O)O. The lowest BCUT2D eigenvalue weighted by molar-refractivity contribution is -0.186. The number of hydrogen-bond acceptors (Lipinski definition) is 3. The second-order valence-corrected chi connectivity index (χ2v) is 7.18. The summed E-state index contributed by atoms with van der Waals surface area (Å²) in [6, 6.07) is 0. The van der Waals surface area contributed by atoms with Crippen LogP contribution in [0.1, 0.15) is 46.5 Å². The highest BCUT2D eigenvalue weighted by Gasteiger charge is 2.54. The number of aliphatic carboxylic acids is 1. The van der Waals surface area contributed by atoms with Gasteiger partial charge < -0.3 is 9.84 Å². The number of carbonyl (C=O) groups is 2. The fourth-order valence-electron chi connectivity index (χ4n) is 2.79. The second-order valence-electron chi connectivity index (χ2n) is 7.18. The van der Waals surface area contributed by atoms with E-state index >= 15 is 0 Å². The third-order valence-corrected chi connectivity index (χ3v) is 3.80. The van der Waals surface area contributed by atoms with Crippen molar-refractivity contribution < 1.29 is 41.4 Å². The smallest absolute Gasteiger partial charge is 0.389 e. The molecule has 4 nitrogen and oxygen atoms in total. The highest BCUT2D eigenvalue weighted by molar-refractivity contribution is 5.81. The average molecular weight is 360 g/mol. The molecule has 1 aliphatic rings. The van der Waals surface area contributed by atoms with Crippen molar-refractivity contribution in [2.24, 2.45) is 17.8 Å². The topological polar surface area (TPSA) is 63.6 Å². The van der Waals surface area contributed by atoms with Crippen molar-refractivity contribution in [1.29, 1.82) is 0 Å². The van der Waals surface area contributed by atoms with Crippen molar-refractivity contribution >= 4 is 11.9 Å². The summed E-state index contributed by atoms with van der Waals surface area (Å²) in [5.41, 5.74) is -1.01. The molecule has 1 aliphatic carbocycles. The van der Waals surface area contributed by atoms with Gasteiger partial charge in [0.15, 0.2) is 0 Å². The van der Waals surface area contributed by atoms with Gasteiger partial charge in [0.1, 0.15) is 5.60 Å². The largest absolute Gasteiger partial charge is 0.481 e. The van der Waals surface area contributed by atoms with Crippen LogP contribution in [0.2, 0.25) is 0 Å². The summed E-state index contributed by atoms with van der Waals surface area (Å²) in [4.78, 5) is 23.6. The molecule has 1 saturated carbocycles. The molecule has 0 bridgehead atoms. The Hall–Kier alpha value is -1.41. The summed E-state index contributed by atoms with van der Waals surface area (Å²) in [7, 11) is 0. The first-order valence-electron chi connectivity index (χ1n) is 7.51. The van der Waals surface area contributed by atoms with E-state index in [1.807, 2.05) is 0 Å². The molecule has 0 radical (unpaired) electrons.